The van der Waals surface area contributed by atoms with Crippen LogP contribution in [0.25, 0.3) is 0 Å². The van der Waals surface area contributed by atoms with Crippen molar-refractivity contribution >= 4 is 39.4 Å². The van der Waals surface area contributed by atoms with E-state index in [1.54, 1.807) is 6.92 Å². The van der Waals surface area contributed by atoms with Gasteiger partial charge < -0.3 is 10.6 Å². The molecule has 1 atom stereocenters. The Morgan fingerprint density at radius 1 is 1.33 bits per heavy atom. The van der Waals surface area contributed by atoms with Crippen LogP contribution in [0.3, 0.4) is 0 Å². The highest BCUT2D eigenvalue weighted by Crippen LogP contribution is 2.42. The third-order valence-electron chi connectivity index (χ3n) is 5.55. The van der Waals surface area contributed by atoms with Gasteiger partial charge in [0.2, 0.25) is 5.91 Å². The third-order valence-corrected chi connectivity index (χ3v) is 6.93. The molecule has 3 N–H and O–H groups in total. The summed E-state index contributed by atoms with van der Waals surface area (Å²) in [5.74, 6) is -0.494. The Morgan fingerprint density at radius 3 is 2.77 bits per heavy atom. The van der Waals surface area contributed by atoms with E-state index in [2.05, 4.69) is 20.3 Å². The summed E-state index contributed by atoms with van der Waals surface area (Å²) in [6.07, 6.45) is 3.10. The molecule has 4 rings (SSSR count). The van der Waals surface area contributed by atoms with E-state index in [0.29, 0.717) is 18.8 Å². The summed E-state index contributed by atoms with van der Waals surface area (Å²) in [7, 11) is -3.82. The van der Waals surface area contributed by atoms with Crippen molar-refractivity contribution in [2.75, 3.05) is 18.4 Å². The Balaban J connectivity index is 1.42. The van der Waals surface area contributed by atoms with Crippen molar-refractivity contribution in [2.45, 2.75) is 43.0 Å². The van der Waals surface area contributed by atoms with Crippen molar-refractivity contribution < 1.29 is 22.8 Å². The highest BCUT2D eigenvalue weighted by Gasteiger charge is 2.56. The third kappa shape index (κ3) is 3.89. The molecule has 1 aromatic carbocycles. The zero-order valence-corrected chi connectivity index (χ0v) is 17.3. The van der Waals surface area contributed by atoms with Crippen LogP contribution in [0.1, 0.15) is 32.6 Å². The van der Waals surface area contributed by atoms with Gasteiger partial charge in [0.15, 0.2) is 0 Å². The van der Waals surface area contributed by atoms with Crippen molar-refractivity contribution in [1.29, 1.82) is 0 Å². The molecule has 1 saturated carbocycles. The number of aliphatic imine (C=N–C) groups is 1. The van der Waals surface area contributed by atoms with Gasteiger partial charge in [0.1, 0.15) is 17.9 Å². The molecule has 10 nitrogen and oxygen atoms in total. The molecule has 1 aromatic rings. The number of rotatable bonds is 6. The molecule has 1 unspecified atom stereocenters. The van der Waals surface area contributed by atoms with E-state index in [1.165, 1.54) is 24.3 Å². The van der Waals surface area contributed by atoms with Crippen LogP contribution in [-0.4, -0.2) is 55.6 Å². The number of carbonyl (C=O) groups is 3. The van der Waals surface area contributed by atoms with E-state index in [9.17, 15) is 22.8 Å². The first kappa shape index (κ1) is 20.3. The van der Waals surface area contributed by atoms with Gasteiger partial charge in [-0.05, 0) is 50.3 Å². The van der Waals surface area contributed by atoms with Crippen LogP contribution in [0.5, 0.6) is 0 Å². The van der Waals surface area contributed by atoms with E-state index in [1.807, 2.05) is 0 Å². The van der Waals surface area contributed by atoms with Crippen molar-refractivity contribution in [3.05, 3.63) is 24.3 Å². The Bertz CT molecular complexity index is 1050. The van der Waals surface area contributed by atoms with Crippen molar-refractivity contribution in [3.8, 4) is 0 Å². The van der Waals surface area contributed by atoms with Crippen LogP contribution in [0.2, 0.25) is 0 Å². The molecule has 4 amide bonds. The molecule has 0 bridgehead atoms. The number of benzene rings is 1. The molecule has 3 aliphatic rings. The second kappa shape index (κ2) is 7.38. The lowest BCUT2D eigenvalue weighted by Gasteiger charge is -2.20. The molecule has 30 heavy (non-hydrogen) atoms. The highest BCUT2D eigenvalue weighted by atomic mass is 32.2. The number of sulfonamides is 1. The predicted molar refractivity (Wildman–Crippen MR) is 108 cm³/mol. The number of hydrogen-bond donors (Lipinski definition) is 3. The van der Waals surface area contributed by atoms with Crippen LogP contribution >= 0.6 is 0 Å². The summed E-state index contributed by atoms with van der Waals surface area (Å²) < 4.78 is 27.5. The normalized spacial score (nSPS) is 23.9. The van der Waals surface area contributed by atoms with Crippen molar-refractivity contribution in [3.63, 3.8) is 0 Å². The predicted octanol–water partition coefficient (Wildman–Crippen LogP) is 0.816. The molecule has 0 aromatic heterocycles. The first-order valence-corrected chi connectivity index (χ1v) is 11.3. The van der Waals surface area contributed by atoms with Gasteiger partial charge in [-0.3, -0.25) is 24.2 Å². The largest absolute Gasteiger partial charge is 0.325 e. The average molecular weight is 433 g/mol. The smallest absolute Gasteiger partial charge is 0.324 e. The molecule has 11 heteroatoms. The lowest BCUT2D eigenvalue weighted by atomic mass is 9.96. The second-order valence-electron chi connectivity index (χ2n) is 7.91. The van der Waals surface area contributed by atoms with Gasteiger partial charge in [-0.15, -0.1) is 0 Å². The highest BCUT2D eigenvalue weighted by molar-refractivity contribution is 7.90. The van der Waals surface area contributed by atoms with E-state index >= 15 is 0 Å². The van der Waals surface area contributed by atoms with Crippen molar-refractivity contribution in [1.82, 2.24) is 14.9 Å². The number of nitrogens with zero attached hydrogens (tertiary/aromatic N) is 2. The molecule has 0 radical (unpaired) electrons. The molecular formula is C19H23N5O5S. The maximum Gasteiger partial charge on any atom is 0.325 e. The fourth-order valence-electron chi connectivity index (χ4n) is 3.72. The second-order valence-corrected chi connectivity index (χ2v) is 9.59. The molecule has 1 aliphatic carbocycles. The molecule has 2 heterocycles. The summed E-state index contributed by atoms with van der Waals surface area (Å²) in [5.41, 5.74) is -0.715. The maximum atomic E-state index is 12.6. The number of anilines is 1. The first-order chi connectivity index (χ1) is 14.2. The molecule has 0 spiro atoms. The van der Waals surface area contributed by atoms with Crippen LogP contribution in [0.4, 0.5) is 10.5 Å². The lowest BCUT2D eigenvalue weighted by molar-refractivity contribution is -0.134. The Morgan fingerprint density at radius 2 is 2.10 bits per heavy atom. The number of amidine groups is 1. The molecule has 2 fully saturated rings. The van der Waals surface area contributed by atoms with Crippen LogP contribution in [0.15, 0.2) is 34.2 Å². The fraction of sp³-hybridized carbons (Fsp3) is 0.474. The minimum absolute atomic E-state index is 0.0220. The van der Waals surface area contributed by atoms with Crippen LogP contribution in [-0.2, 0) is 19.6 Å². The van der Waals surface area contributed by atoms with E-state index in [4.69, 9.17) is 0 Å². The number of imide groups is 1. The number of nitrogens with one attached hydrogen (secondary N) is 3. The Kier molecular flexibility index (Phi) is 5.00. The molecule has 1 saturated heterocycles. The quantitative estimate of drug-likeness (QED) is 0.571. The van der Waals surface area contributed by atoms with Gasteiger partial charge in [0.25, 0.3) is 15.9 Å². The molecule has 160 valence electrons. The summed E-state index contributed by atoms with van der Waals surface area (Å²) in [5, 5.41) is 5.24. The summed E-state index contributed by atoms with van der Waals surface area (Å²) in [6.45, 7) is 1.83. The Labute approximate surface area is 174 Å². The zero-order valence-electron chi connectivity index (χ0n) is 16.5. The van der Waals surface area contributed by atoms with Gasteiger partial charge in [-0.2, -0.15) is 0 Å². The van der Waals surface area contributed by atoms with Gasteiger partial charge >= 0.3 is 6.03 Å². The van der Waals surface area contributed by atoms with Gasteiger partial charge in [-0.1, -0.05) is 6.07 Å². The zero-order chi connectivity index (χ0) is 21.5. The minimum atomic E-state index is -3.82. The summed E-state index contributed by atoms with van der Waals surface area (Å²) >= 11 is 0. The van der Waals surface area contributed by atoms with Gasteiger partial charge in [-0.25, -0.2) is 13.2 Å². The molecule has 2 aliphatic heterocycles. The van der Waals surface area contributed by atoms with Crippen molar-refractivity contribution in [2.24, 2.45) is 10.9 Å². The van der Waals surface area contributed by atoms with Gasteiger partial charge in [0, 0.05) is 18.7 Å². The SMILES string of the molecule is CC1(C2CC2)NC(=O)N(CC(=O)Nc2cccc(S(=O)(=O)NC3=NCCC3)c2)C1=O. The standard InChI is InChI=1S/C19H23N5O5S/c1-19(12-7-8-12)17(26)24(18(27)22-19)11-16(25)21-13-4-2-5-14(10-13)30(28,29)23-15-6-3-9-20-15/h2,4-5,10,12H,3,6-9,11H2,1H3,(H,20,23)(H,21,25)(H,22,27). The van der Waals surface area contributed by atoms with Gasteiger partial charge in [0.05, 0.1) is 4.90 Å². The van der Waals surface area contributed by atoms with E-state index in [0.717, 1.165) is 24.2 Å². The van der Waals surface area contributed by atoms with Crippen LogP contribution < -0.4 is 15.4 Å². The first-order valence-electron chi connectivity index (χ1n) is 9.79. The monoisotopic (exact) mass is 433 g/mol. The fourth-order valence-corrected chi connectivity index (χ4v) is 4.85. The number of urea groups is 1. The van der Waals surface area contributed by atoms with E-state index in [-0.39, 0.29) is 16.5 Å². The lowest BCUT2D eigenvalue weighted by Crippen LogP contribution is -2.46. The maximum absolute atomic E-state index is 12.6. The number of amides is 4. The summed E-state index contributed by atoms with van der Waals surface area (Å²) in [4.78, 5) is 42.2. The number of carbonyl (C=O) groups excluding carboxylic acids is 3. The minimum Gasteiger partial charge on any atom is -0.324 e. The molecular weight excluding hydrogens is 410 g/mol. The topological polar surface area (TPSA) is 137 Å². The summed E-state index contributed by atoms with van der Waals surface area (Å²) in [6, 6.07) is 5.16. The average Bonchev–Trinajstić information content (AvgIpc) is 3.39. The van der Waals surface area contributed by atoms with E-state index < -0.39 is 40.0 Å². The number of hydrogen-bond acceptors (Lipinski definition) is 6. The Hall–Kier alpha value is -2.95. The van der Waals surface area contributed by atoms with Crippen LogP contribution in [0, 0.1) is 5.92 Å².